The van der Waals surface area contributed by atoms with Crippen LogP contribution in [0.2, 0.25) is 0 Å². The van der Waals surface area contributed by atoms with Crippen molar-refractivity contribution < 1.29 is 9.53 Å². The summed E-state index contributed by atoms with van der Waals surface area (Å²) in [4.78, 5) is 14.7. The molecule has 5 nitrogen and oxygen atoms in total. The van der Waals surface area contributed by atoms with Gasteiger partial charge >= 0.3 is 0 Å². The average molecular weight is 263 g/mol. The van der Waals surface area contributed by atoms with Crippen LogP contribution in [0.5, 0.6) is 0 Å². The molecule has 1 aromatic rings. The second kappa shape index (κ2) is 5.35. The van der Waals surface area contributed by atoms with Crippen molar-refractivity contribution in [3.63, 3.8) is 0 Å². The van der Waals surface area contributed by atoms with Crippen molar-refractivity contribution in [1.82, 2.24) is 15.6 Å². The fraction of sp³-hybridized carbons (Fsp3) is 0.643. The van der Waals surface area contributed by atoms with Crippen LogP contribution in [-0.2, 0) is 4.74 Å². The third-order valence-electron chi connectivity index (χ3n) is 4.28. The average Bonchev–Trinajstić information content (AvgIpc) is 3.08. The summed E-state index contributed by atoms with van der Waals surface area (Å²) >= 11 is 0. The fourth-order valence-corrected chi connectivity index (χ4v) is 3.11. The maximum atomic E-state index is 11.8. The van der Waals surface area contributed by atoms with Gasteiger partial charge in [-0.1, -0.05) is 0 Å². The molecule has 1 amide bonds. The quantitative estimate of drug-likeness (QED) is 0.759. The highest BCUT2D eigenvalue weighted by Gasteiger charge is 2.40. The second-order valence-electron chi connectivity index (χ2n) is 5.68. The number of hydrogen-bond acceptors (Lipinski definition) is 3. The van der Waals surface area contributed by atoms with Gasteiger partial charge in [-0.2, -0.15) is 0 Å². The van der Waals surface area contributed by atoms with Gasteiger partial charge in [0.05, 0.1) is 12.7 Å². The highest BCUT2D eigenvalue weighted by molar-refractivity contribution is 5.92. The van der Waals surface area contributed by atoms with E-state index in [-0.39, 0.29) is 12.0 Å². The largest absolute Gasteiger partial charge is 0.376 e. The number of piperidine rings is 1. The summed E-state index contributed by atoms with van der Waals surface area (Å²) in [7, 11) is 0. The van der Waals surface area contributed by atoms with Crippen LogP contribution >= 0.6 is 0 Å². The van der Waals surface area contributed by atoms with Crippen LogP contribution < -0.4 is 10.6 Å². The van der Waals surface area contributed by atoms with Crippen molar-refractivity contribution in [2.75, 3.05) is 26.2 Å². The predicted octanol–water partition coefficient (Wildman–Crippen LogP) is 0.903. The Balaban J connectivity index is 1.48. The van der Waals surface area contributed by atoms with E-state index in [0.29, 0.717) is 17.7 Å². The number of rotatable bonds is 3. The Bertz CT molecular complexity index is 424. The molecule has 0 bridgehead atoms. The van der Waals surface area contributed by atoms with Crippen LogP contribution in [0.15, 0.2) is 18.3 Å². The van der Waals surface area contributed by atoms with Gasteiger partial charge in [-0.05, 0) is 49.9 Å². The Kier molecular flexibility index (Phi) is 3.57. The third kappa shape index (κ3) is 2.82. The zero-order valence-corrected chi connectivity index (χ0v) is 11.1. The Morgan fingerprint density at radius 3 is 3.05 bits per heavy atom. The monoisotopic (exact) mass is 263 g/mol. The van der Waals surface area contributed by atoms with E-state index in [1.807, 2.05) is 6.07 Å². The van der Waals surface area contributed by atoms with E-state index in [9.17, 15) is 4.79 Å². The van der Waals surface area contributed by atoms with E-state index in [2.05, 4.69) is 15.6 Å². The van der Waals surface area contributed by atoms with Crippen molar-refractivity contribution in [3.8, 4) is 0 Å². The normalized spacial score (nSPS) is 25.6. The Morgan fingerprint density at radius 2 is 2.32 bits per heavy atom. The van der Waals surface area contributed by atoms with Crippen molar-refractivity contribution in [2.24, 2.45) is 5.41 Å². The first-order valence-electron chi connectivity index (χ1n) is 7.01. The summed E-state index contributed by atoms with van der Waals surface area (Å²) in [6, 6.07) is 3.60. The minimum atomic E-state index is -0.0557. The molecule has 1 atom stereocenters. The van der Waals surface area contributed by atoms with Gasteiger partial charge in [-0.15, -0.1) is 0 Å². The third-order valence-corrected chi connectivity index (χ3v) is 4.28. The molecule has 1 aromatic heterocycles. The van der Waals surface area contributed by atoms with Crippen LogP contribution in [0.25, 0.3) is 0 Å². The Hall–Kier alpha value is -1.33. The molecule has 104 valence electrons. The molecule has 3 heterocycles. The standard InChI is InChI=1S/C14H21N3O2/c18-13(12-2-1-5-16-12)17-9-11-8-14(10-19-11)3-6-15-7-4-14/h1-2,5,11,15-16H,3-4,6-10H2,(H,17,18). The Labute approximate surface area is 113 Å². The molecular weight excluding hydrogens is 242 g/mol. The lowest BCUT2D eigenvalue weighted by Gasteiger charge is -2.32. The van der Waals surface area contributed by atoms with Gasteiger partial charge in [0.1, 0.15) is 5.69 Å². The summed E-state index contributed by atoms with van der Waals surface area (Å²) in [6.45, 7) is 3.63. The van der Waals surface area contributed by atoms with Gasteiger partial charge in [0, 0.05) is 12.7 Å². The molecule has 1 unspecified atom stereocenters. The first-order valence-corrected chi connectivity index (χ1v) is 7.01. The molecule has 1 spiro atoms. The van der Waals surface area contributed by atoms with Crippen LogP contribution in [-0.4, -0.2) is 43.2 Å². The Morgan fingerprint density at radius 1 is 1.47 bits per heavy atom. The molecule has 2 fully saturated rings. The van der Waals surface area contributed by atoms with Gasteiger partial charge in [0.25, 0.3) is 5.91 Å². The number of hydrogen-bond donors (Lipinski definition) is 3. The molecule has 2 saturated heterocycles. The molecule has 0 aliphatic carbocycles. The molecule has 5 heteroatoms. The predicted molar refractivity (Wildman–Crippen MR) is 72.0 cm³/mol. The number of ether oxygens (including phenoxy) is 1. The maximum Gasteiger partial charge on any atom is 0.267 e. The topological polar surface area (TPSA) is 66.2 Å². The number of H-pyrrole nitrogens is 1. The van der Waals surface area contributed by atoms with E-state index in [1.54, 1.807) is 12.3 Å². The molecule has 0 aromatic carbocycles. The van der Waals surface area contributed by atoms with E-state index in [4.69, 9.17) is 4.74 Å². The van der Waals surface area contributed by atoms with Crippen molar-refractivity contribution in [3.05, 3.63) is 24.0 Å². The number of amides is 1. The molecule has 3 N–H and O–H groups in total. The van der Waals surface area contributed by atoms with Crippen molar-refractivity contribution in [2.45, 2.75) is 25.4 Å². The molecular formula is C14H21N3O2. The van der Waals surface area contributed by atoms with Gasteiger partial charge in [0.2, 0.25) is 0 Å². The molecule has 2 aliphatic rings. The second-order valence-corrected chi connectivity index (χ2v) is 5.68. The van der Waals surface area contributed by atoms with Gasteiger partial charge < -0.3 is 20.4 Å². The fourth-order valence-electron chi connectivity index (χ4n) is 3.11. The summed E-state index contributed by atoms with van der Waals surface area (Å²) in [5.41, 5.74) is 0.960. The minimum absolute atomic E-state index is 0.0557. The zero-order valence-electron chi connectivity index (χ0n) is 11.1. The van der Waals surface area contributed by atoms with E-state index >= 15 is 0 Å². The number of nitrogens with one attached hydrogen (secondary N) is 3. The lowest BCUT2D eigenvalue weighted by Crippen LogP contribution is -2.38. The number of carbonyl (C=O) groups is 1. The van der Waals surface area contributed by atoms with Gasteiger partial charge in [-0.3, -0.25) is 4.79 Å². The van der Waals surface area contributed by atoms with Gasteiger partial charge in [-0.25, -0.2) is 0 Å². The molecule has 0 saturated carbocycles. The van der Waals surface area contributed by atoms with Crippen LogP contribution in [0, 0.1) is 5.41 Å². The smallest absolute Gasteiger partial charge is 0.267 e. The van der Waals surface area contributed by atoms with Crippen LogP contribution in [0.4, 0.5) is 0 Å². The SMILES string of the molecule is O=C(NCC1CC2(CCNCC2)CO1)c1ccc[nH]1. The zero-order chi connectivity index (χ0) is 13.1. The van der Waals surface area contributed by atoms with Crippen LogP contribution in [0.3, 0.4) is 0 Å². The molecule has 19 heavy (non-hydrogen) atoms. The highest BCUT2D eigenvalue weighted by Crippen LogP contribution is 2.40. The summed E-state index contributed by atoms with van der Waals surface area (Å²) < 4.78 is 5.86. The van der Waals surface area contributed by atoms with E-state index in [0.717, 1.165) is 26.1 Å². The van der Waals surface area contributed by atoms with Gasteiger partial charge in [0.15, 0.2) is 0 Å². The number of aromatic nitrogens is 1. The highest BCUT2D eigenvalue weighted by atomic mass is 16.5. The summed E-state index contributed by atoms with van der Waals surface area (Å²) in [6.07, 6.45) is 5.37. The first kappa shape index (κ1) is 12.7. The number of carbonyl (C=O) groups excluding carboxylic acids is 1. The van der Waals surface area contributed by atoms with E-state index in [1.165, 1.54) is 12.8 Å². The summed E-state index contributed by atoms with van der Waals surface area (Å²) in [5, 5.41) is 6.33. The van der Waals surface area contributed by atoms with Crippen molar-refractivity contribution >= 4 is 5.91 Å². The lowest BCUT2D eigenvalue weighted by molar-refractivity contribution is 0.0779. The molecule has 2 aliphatic heterocycles. The lowest BCUT2D eigenvalue weighted by atomic mass is 9.77. The first-order chi connectivity index (χ1) is 9.27. The van der Waals surface area contributed by atoms with Crippen molar-refractivity contribution in [1.29, 1.82) is 0 Å². The number of aromatic amines is 1. The van der Waals surface area contributed by atoms with Crippen LogP contribution in [0.1, 0.15) is 29.8 Å². The van der Waals surface area contributed by atoms with E-state index < -0.39 is 0 Å². The maximum absolute atomic E-state index is 11.8. The molecule has 0 radical (unpaired) electrons. The summed E-state index contributed by atoms with van der Waals surface area (Å²) in [5.74, 6) is -0.0557. The minimum Gasteiger partial charge on any atom is -0.376 e. The molecule has 3 rings (SSSR count).